The van der Waals surface area contributed by atoms with E-state index in [1.54, 1.807) is 10.9 Å². The standard InChI is InChI=1S/C11H16N6O/c1-4-5-12-9-14-10(16-11(15-9)18-3)17-7-8(2)6-13-17/h6-7H,4-5H2,1-3H3,(H,12,14,15,16). The number of rotatable bonds is 5. The van der Waals surface area contributed by atoms with Gasteiger partial charge in [-0.15, -0.1) is 0 Å². The van der Waals surface area contributed by atoms with E-state index in [0.29, 0.717) is 11.9 Å². The van der Waals surface area contributed by atoms with Crippen LogP contribution in [0.3, 0.4) is 0 Å². The van der Waals surface area contributed by atoms with E-state index in [1.165, 1.54) is 7.11 Å². The molecule has 0 unspecified atom stereocenters. The zero-order chi connectivity index (χ0) is 13.0. The first-order chi connectivity index (χ1) is 8.72. The Labute approximate surface area is 105 Å². The van der Waals surface area contributed by atoms with Crippen LogP contribution in [0.15, 0.2) is 12.4 Å². The molecule has 0 saturated heterocycles. The van der Waals surface area contributed by atoms with Gasteiger partial charge in [0.05, 0.1) is 13.3 Å². The molecule has 7 heteroatoms. The summed E-state index contributed by atoms with van der Waals surface area (Å²) in [6, 6.07) is 0.270. The van der Waals surface area contributed by atoms with Crippen LogP contribution in [0.2, 0.25) is 0 Å². The summed E-state index contributed by atoms with van der Waals surface area (Å²) in [5.74, 6) is 0.931. The summed E-state index contributed by atoms with van der Waals surface area (Å²) in [6.07, 6.45) is 4.58. The number of aryl methyl sites for hydroxylation is 1. The zero-order valence-corrected chi connectivity index (χ0v) is 10.7. The Morgan fingerprint density at radius 2 is 2.17 bits per heavy atom. The Morgan fingerprint density at radius 1 is 1.33 bits per heavy atom. The first kappa shape index (κ1) is 12.3. The Balaban J connectivity index is 2.34. The molecule has 18 heavy (non-hydrogen) atoms. The lowest BCUT2D eigenvalue weighted by atomic mass is 10.4. The number of aromatic nitrogens is 5. The Bertz CT molecular complexity index is 524. The van der Waals surface area contributed by atoms with Gasteiger partial charge in [-0.1, -0.05) is 6.92 Å². The average Bonchev–Trinajstić information content (AvgIpc) is 2.82. The largest absolute Gasteiger partial charge is 0.467 e. The van der Waals surface area contributed by atoms with E-state index in [1.807, 2.05) is 13.1 Å². The maximum Gasteiger partial charge on any atom is 0.322 e. The van der Waals surface area contributed by atoms with Crippen molar-refractivity contribution in [2.24, 2.45) is 0 Å². The molecule has 7 nitrogen and oxygen atoms in total. The van der Waals surface area contributed by atoms with Crippen LogP contribution in [0.25, 0.3) is 5.95 Å². The highest BCUT2D eigenvalue weighted by molar-refractivity contribution is 5.30. The molecule has 2 rings (SSSR count). The lowest BCUT2D eigenvalue weighted by Crippen LogP contribution is -2.10. The summed E-state index contributed by atoms with van der Waals surface area (Å²) in [6.45, 7) is 4.83. The van der Waals surface area contributed by atoms with E-state index in [2.05, 4.69) is 32.3 Å². The zero-order valence-electron chi connectivity index (χ0n) is 10.7. The van der Waals surface area contributed by atoms with Crippen molar-refractivity contribution >= 4 is 5.95 Å². The molecule has 2 aromatic heterocycles. The van der Waals surface area contributed by atoms with Crippen molar-refractivity contribution in [2.45, 2.75) is 20.3 Å². The van der Waals surface area contributed by atoms with Gasteiger partial charge in [0, 0.05) is 12.7 Å². The summed E-state index contributed by atoms with van der Waals surface area (Å²) in [5.41, 5.74) is 1.04. The second kappa shape index (κ2) is 5.44. The second-order valence-corrected chi connectivity index (χ2v) is 3.83. The van der Waals surface area contributed by atoms with Crippen LogP contribution in [0.1, 0.15) is 18.9 Å². The highest BCUT2D eigenvalue weighted by Crippen LogP contribution is 2.10. The number of anilines is 1. The van der Waals surface area contributed by atoms with Crippen LogP contribution in [-0.4, -0.2) is 38.4 Å². The van der Waals surface area contributed by atoms with Gasteiger partial charge >= 0.3 is 6.01 Å². The molecule has 0 spiro atoms. The van der Waals surface area contributed by atoms with Crippen LogP contribution < -0.4 is 10.1 Å². The fourth-order valence-electron chi connectivity index (χ4n) is 1.38. The normalized spacial score (nSPS) is 10.4. The molecule has 0 bridgehead atoms. The minimum Gasteiger partial charge on any atom is -0.467 e. The lowest BCUT2D eigenvalue weighted by molar-refractivity contribution is 0.377. The highest BCUT2D eigenvalue weighted by atomic mass is 16.5. The third-order valence-electron chi connectivity index (χ3n) is 2.24. The molecule has 0 atom stereocenters. The first-order valence-electron chi connectivity index (χ1n) is 5.78. The number of ether oxygens (including phenoxy) is 1. The van der Waals surface area contributed by atoms with Crippen molar-refractivity contribution in [3.05, 3.63) is 18.0 Å². The van der Waals surface area contributed by atoms with Crippen LogP contribution in [0.5, 0.6) is 6.01 Å². The third-order valence-corrected chi connectivity index (χ3v) is 2.24. The van der Waals surface area contributed by atoms with Crippen molar-refractivity contribution in [3.8, 4) is 12.0 Å². The number of methoxy groups -OCH3 is 1. The molecule has 0 amide bonds. The summed E-state index contributed by atoms with van der Waals surface area (Å²) in [7, 11) is 1.52. The molecule has 0 aliphatic heterocycles. The minimum atomic E-state index is 0.270. The summed E-state index contributed by atoms with van der Waals surface area (Å²) in [5, 5.41) is 7.27. The maximum atomic E-state index is 5.06. The smallest absolute Gasteiger partial charge is 0.322 e. The van der Waals surface area contributed by atoms with Crippen LogP contribution in [0.4, 0.5) is 5.95 Å². The fraction of sp³-hybridized carbons (Fsp3) is 0.455. The average molecular weight is 248 g/mol. The van der Waals surface area contributed by atoms with Crippen LogP contribution in [-0.2, 0) is 0 Å². The van der Waals surface area contributed by atoms with Gasteiger partial charge in [0.2, 0.25) is 5.95 Å². The lowest BCUT2D eigenvalue weighted by Gasteiger charge is -2.06. The first-order valence-corrected chi connectivity index (χ1v) is 5.78. The van der Waals surface area contributed by atoms with E-state index < -0.39 is 0 Å². The van der Waals surface area contributed by atoms with Gasteiger partial charge in [-0.3, -0.25) is 0 Å². The molecule has 0 radical (unpaired) electrons. The molecule has 0 saturated carbocycles. The molecule has 1 N–H and O–H groups in total. The van der Waals surface area contributed by atoms with Crippen molar-refractivity contribution in [1.29, 1.82) is 0 Å². The third kappa shape index (κ3) is 2.73. The molecule has 0 aliphatic carbocycles. The van der Waals surface area contributed by atoms with Crippen molar-refractivity contribution in [3.63, 3.8) is 0 Å². The predicted octanol–water partition coefficient (Wildman–Crippen LogP) is 1.20. The number of hydrogen-bond donors (Lipinski definition) is 1. The number of hydrogen-bond acceptors (Lipinski definition) is 6. The van der Waals surface area contributed by atoms with Gasteiger partial charge in [0.1, 0.15) is 0 Å². The number of nitrogens with zero attached hydrogens (tertiary/aromatic N) is 5. The number of nitrogens with one attached hydrogen (secondary N) is 1. The molecule has 2 heterocycles. The van der Waals surface area contributed by atoms with E-state index in [0.717, 1.165) is 18.5 Å². The summed E-state index contributed by atoms with van der Waals surface area (Å²) in [4.78, 5) is 12.6. The summed E-state index contributed by atoms with van der Waals surface area (Å²) >= 11 is 0. The van der Waals surface area contributed by atoms with Crippen molar-refractivity contribution < 1.29 is 4.74 Å². The molecular formula is C11H16N6O. The van der Waals surface area contributed by atoms with Gasteiger partial charge < -0.3 is 10.1 Å². The van der Waals surface area contributed by atoms with E-state index >= 15 is 0 Å². The van der Waals surface area contributed by atoms with Gasteiger partial charge in [0.15, 0.2) is 0 Å². The van der Waals surface area contributed by atoms with Crippen molar-refractivity contribution in [1.82, 2.24) is 24.7 Å². The van der Waals surface area contributed by atoms with Gasteiger partial charge in [-0.25, -0.2) is 4.68 Å². The van der Waals surface area contributed by atoms with Gasteiger partial charge in [-0.05, 0) is 18.9 Å². The maximum absolute atomic E-state index is 5.06. The van der Waals surface area contributed by atoms with E-state index in [4.69, 9.17) is 4.74 Å². The molecule has 0 aliphatic rings. The Morgan fingerprint density at radius 3 is 2.78 bits per heavy atom. The van der Waals surface area contributed by atoms with E-state index in [-0.39, 0.29) is 6.01 Å². The molecule has 96 valence electrons. The molecule has 2 aromatic rings. The van der Waals surface area contributed by atoms with Crippen LogP contribution >= 0.6 is 0 Å². The van der Waals surface area contributed by atoms with Crippen molar-refractivity contribution in [2.75, 3.05) is 19.0 Å². The van der Waals surface area contributed by atoms with Crippen LogP contribution in [0, 0.1) is 6.92 Å². The predicted molar refractivity (Wildman–Crippen MR) is 67.0 cm³/mol. The molecule has 0 aromatic carbocycles. The monoisotopic (exact) mass is 248 g/mol. The summed E-state index contributed by atoms with van der Waals surface area (Å²) < 4.78 is 6.65. The topological polar surface area (TPSA) is 77.8 Å². The highest BCUT2D eigenvalue weighted by Gasteiger charge is 2.08. The molecular weight excluding hydrogens is 232 g/mol. The SMILES string of the molecule is CCCNc1nc(OC)nc(-n2cc(C)cn2)n1. The fourth-order valence-corrected chi connectivity index (χ4v) is 1.38. The molecule has 0 fully saturated rings. The Kier molecular flexibility index (Phi) is 3.71. The van der Waals surface area contributed by atoms with Gasteiger partial charge in [-0.2, -0.15) is 20.1 Å². The van der Waals surface area contributed by atoms with E-state index in [9.17, 15) is 0 Å². The minimum absolute atomic E-state index is 0.270. The quantitative estimate of drug-likeness (QED) is 0.856. The van der Waals surface area contributed by atoms with Gasteiger partial charge in [0.25, 0.3) is 5.95 Å². The second-order valence-electron chi connectivity index (χ2n) is 3.83. The Hall–Kier alpha value is -2.18.